The van der Waals surface area contributed by atoms with Crippen molar-refractivity contribution in [3.8, 4) is 11.1 Å². The summed E-state index contributed by atoms with van der Waals surface area (Å²) in [5.74, 6) is 0. The summed E-state index contributed by atoms with van der Waals surface area (Å²) in [4.78, 5) is 2.44. The number of hydrogen-bond donors (Lipinski definition) is 0. The van der Waals surface area contributed by atoms with E-state index in [1.165, 1.54) is 58.2 Å². The first-order valence-corrected chi connectivity index (χ1v) is 18.2. The van der Waals surface area contributed by atoms with Crippen molar-refractivity contribution >= 4 is 103 Å². The van der Waals surface area contributed by atoms with E-state index < -0.39 is 0 Å². The van der Waals surface area contributed by atoms with Crippen LogP contribution in [0.1, 0.15) is 0 Å². The van der Waals surface area contributed by atoms with E-state index in [-0.39, 0.29) is 0 Å². The summed E-state index contributed by atoms with van der Waals surface area (Å²) < 4.78 is 9.40. The first-order valence-electron chi connectivity index (χ1n) is 17.3. The van der Waals surface area contributed by atoms with Gasteiger partial charge >= 0.3 is 0 Å². The molecule has 0 N–H and O–H groups in total. The van der Waals surface area contributed by atoms with Gasteiger partial charge in [0.25, 0.3) is 0 Å². The van der Waals surface area contributed by atoms with Crippen LogP contribution in [0.25, 0.3) is 85.6 Å². The number of furan rings is 1. The average Bonchev–Trinajstić information content (AvgIpc) is 3.77. The van der Waals surface area contributed by atoms with Gasteiger partial charge in [0.15, 0.2) is 0 Å². The molecule has 238 valence electrons. The number of anilines is 3. The molecule has 0 atom stereocenters. The molecule has 51 heavy (non-hydrogen) atoms. The molecular formula is C48H29NOS. The van der Waals surface area contributed by atoms with E-state index in [1.807, 2.05) is 11.3 Å². The predicted molar refractivity (Wildman–Crippen MR) is 219 cm³/mol. The van der Waals surface area contributed by atoms with E-state index in [1.54, 1.807) is 0 Å². The summed E-state index contributed by atoms with van der Waals surface area (Å²) in [6.07, 6.45) is 0. The highest BCUT2D eigenvalue weighted by molar-refractivity contribution is 7.26. The lowest BCUT2D eigenvalue weighted by Gasteiger charge is -2.28. The summed E-state index contributed by atoms with van der Waals surface area (Å²) >= 11 is 1.83. The number of nitrogens with zero attached hydrogens (tertiary/aromatic N) is 1. The van der Waals surface area contributed by atoms with Gasteiger partial charge in [0.05, 0.1) is 11.4 Å². The number of fused-ring (bicyclic) bond motifs is 11. The SMILES string of the molecule is c1ccc2cc(-c3ccc(N(c4cccc5ccccc45)c4cccc5sc6ccc7c8ccc9ccccc9c8oc7c6c45)cc3)ccc2c1. The highest BCUT2D eigenvalue weighted by Gasteiger charge is 2.23. The number of thiophene rings is 1. The summed E-state index contributed by atoms with van der Waals surface area (Å²) in [7, 11) is 0. The van der Waals surface area contributed by atoms with E-state index in [2.05, 4.69) is 181 Å². The van der Waals surface area contributed by atoms with Crippen LogP contribution in [-0.4, -0.2) is 0 Å². The van der Waals surface area contributed by atoms with Crippen LogP contribution in [0.4, 0.5) is 17.1 Å². The Morgan fingerprint density at radius 3 is 1.84 bits per heavy atom. The Bertz CT molecular complexity index is 3140. The maximum Gasteiger partial charge on any atom is 0.144 e. The molecule has 2 aromatic heterocycles. The van der Waals surface area contributed by atoms with Crippen molar-refractivity contribution in [3.05, 3.63) is 176 Å². The quantitative estimate of drug-likeness (QED) is 0.186. The molecule has 0 saturated carbocycles. The minimum atomic E-state index is 0.946. The number of benzene rings is 9. The summed E-state index contributed by atoms with van der Waals surface area (Å²) in [5.41, 5.74) is 7.67. The fourth-order valence-corrected chi connectivity index (χ4v) is 9.14. The molecule has 0 saturated heterocycles. The molecule has 0 unspecified atom stereocenters. The second-order valence-corrected chi connectivity index (χ2v) is 14.4. The van der Waals surface area contributed by atoms with Gasteiger partial charge in [-0.25, -0.2) is 0 Å². The molecule has 0 aliphatic carbocycles. The zero-order valence-electron chi connectivity index (χ0n) is 27.5. The monoisotopic (exact) mass is 667 g/mol. The molecule has 3 heteroatoms. The third-order valence-corrected chi connectivity index (χ3v) is 11.5. The lowest BCUT2D eigenvalue weighted by molar-refractivity contribution is 0.677. The summed E-state index contributed by atoms with van der Waals surface area (Å²) in [5, 5.41) is 11.9. The van der Waals surface area contributed by atoms with Gasteiger partial charge in [-0.1, -0.05) is 121 Å². The Morgan fingerprint density at radius 1 is 0.373 bits per heavy atom. The van der Waals surface area contributed by atoms with Crippen molar-refractivity contribution < 1.29 is 4.42 Å². The van der Waals surface area contributed by atoms with Gasteiger partial charge in [-0.05, 0) is 87.3 Å². The highest BCUT2D eigenvalue weighted by atomic mass is 32.1. The van der Waals surface area contributed by atoms with Crippen LogP contribution in [-0.2, 0) is 0 Å². The number of rotatable bonds is 4. The van der Waals surface area contributed by atoms with Gasteiger partial charge in [0, 0.05) is 47.4 Å². The topological polar surface area (TPSA) is 16.4 Å². The van der Waals surface area contributed by atoms with Gasteiger partial charge in [-0.3, -0.25) is 0 Å². The van der Waals surface area contributed by atoms with E-state index in [4.69, 9.17) is 4.42 Å². The second kappa shape index (κ2) is 11.0. The smallest absolute Gasteiger partial charge is 0.144 e. The van der Waals surface area contributed by atoms with Crippen molar-refractivity contribution in [1.29, 1.82) is 0 Å². The van der Waals surface area contributed by atoms with E-state index >= 15 is 0 Å². The third-order valence-electron chi connectivity index (χ3n) is 10.4. The van der Waals surface area contributed by atoms with Crippen LogP contribution in [0.5, 0.6) is 0 Å². The van der Waals surface area contributed by atoms with E-state index in [0.29, 0.717) is 0 Å². The minimum Gasteiger partial charge on any atom is -0.455 e. The van der Waals surface area contributed by atoms with Crippen molar-refractivity contribution in [3.63, 3.8) is 0 Å². The highest BCUT2D eigenvalue weighted by Crippen LogP contribution is 2.49. The molecule has 0 amide bonds. The summed E-state index contributed by atoms with van der Waals surface area (Å²) in [6, 6.07) is 63.7. The van der Waals surface area contributed by atoms with Crippen molar-refractivity contribution in [1.82, 2.24) is 0 Å². The molecule has 0 aliphatic heterocycles. The van der Waals surface area contributed by atoms with Gasteiger partial charge in [-0.2, -0.15) is 0 Å². The van der Waals surface area contributed by atoms with Gasteiger partial charge in [-0.15, -0.1) is 11.3 Å². The first-order chi connectivity index (χ1) is 25.3. The molecule has 11 rings (SSSR count). The van der Waals surface area contributed by atoms with E-state index in [0.717, 1.165) is 44.4 Å². The normalized spacial score (nSPS) is 11.9. The molecule has 11 aromatic rings. The second-order valence-electron chi connectivity index (χ2n) is 13.3. The standard InChI is InChI=1S/C48H29NOS/c1-2-12-34-29-35(20-19-30(34)9-1)31-21-24-36(25-22-31)49(41-16-7-13-32-10-3-5-14-37(32)41)42-17-8-18-43-45(42)46-44(51-43)28-27-40-39-26-23-33-11-4-6-15-38(33)47(39)50-48(40)46/h1-29H. The maximum atomic E-state index is 6.95. The zero-order chi connectivity index (χ0) is 33.5. The molecule has 9 aromatic carbocycles. The van der Waals surface area contributed by atoms with Crippen LogP contribution in [0.3, 0.4) is 0 Å². The Balaban J connectivity index is 1.18. The van der Waals surface area contributed by atoms with Crippen LogP contribution in [0.15, 0.2) is 180 Å². The fraction of sp³-hybridized carbons (Fsp3) is 0. The Labute approximate surface area is 298 Å². The molecule has 0 bridgehead atoms. The predicted octanol–water partition coefficient (Wildman–Crippen LogP) is 14.6. The molecular weight excluding hydrogens is 639 g/mol. The minimum absolute atomic E-state index is 0.946. The molecule has 0 spiro atoms. The van der Waals surface area contributed by atoms with Crippen LogP contribution >= 0.6 is 11.3 Å². The molecule has 2 nitrogen and oxygen atoms in total. The van der Waals surface area contributed by atoms with Crippen molar-refractivity contribution in [2.45, 2.75) is 0 Å². The largest absolute Gasteiger partial charge is 0.455 e. The Morgan fingerprint density at radius 2 is 0.980 bits per heavy atom. The fourth-order valence-electron chi connectivity index (χ4n) is 8.02. The Kier molecular flexibility index (Phi) is 6.16. The lowest BCUT2D eigenvalue weighted by Crippen LogP contribution is -2.10. The molecule has 0 radical (unpaired) electrons. The third kappa shape index (κ3) is 4.35. The first kappa shape index (κ1) is 28.4. The maximum absolute atomic E-state index is 6.95. The van der Waals surface area contributed by atoms with Crippen LogP contribution in [0.2, 0.25) is 0 Å². The molecule has 0 aliphatic rings. The molecule has 2 heterocycles. The van der Waals surface area contributed by atoms with E-state index in [9.17, 15) is 0 Å². The van der Waals surface area contributed by atoms with Crippen molar-refractivity contribution in [2.24, 2.45) is 0 Å². The van der Waals surface area contributed by atoms with Gasteiger partial charge < -0.3 is 9.32 Å². The van der Waals surface area contributed by atoms with Crippen molar-refractivity contribution in [2.75, 3.05) is 4.90 Å². The Hall–Kier alpha value is -6.42. The van der Waals surface area contributed by atoms with Crippen LogP contribution < -0.4 is 4.90 Å². The number of hydrogen-bond acceptors (Lipinski definition) is 3. The molecule has 0 fully saturated rings. The zero-order valence-corrected chi connectivity index (χ0v) is 28.3. The van der Waals surface area contributed by atoms with Gasteiger partial charge in [0.1, 0.15) is 11.2 Å². The average molecular weight is 668 g/mol. The lowest BCUT2D eigenvalue weighted by atomic mass is 10.00. The summed E-state index contributed by atoms with van der Waals surface area (Å²) in [6.45, 7) is 0. The van der Waals surface area contributed by atoms with Gasteiger partial charge in [0.2, 0.25) is 0 Å². The van der Waals surface area contributed by atoms with Crippen LogP contribution in [0, 0.1) is 0 Å².